The Hall–Kier alpha value is -3.06. The van der Waals surface area contributed by atoms with Crippen LogP contribution in [0, 0.1) is 25.2 Å². The summed E-state index contributed by atoms with van der Waals surface area (Å²) in [5.74, 6) is 0.531. The first-order valence-corrected chi connectivity index (χ1v) is 7.34. The Bertz CT molecular complexity index is 912. The van der Waals surface area contributed by atoms with Gasteiger partial charge in [-0.1, -0.05) is 36.4 Å². The number of carbonyl (C=O) groups excluding carboxylic acids is 1. The molecule has 23 heavy (non-hydrogen) atoms. The lowest BCUT2D eigenvalue weighted by molar-refractivity contribution is 0.0842. The Kier molecular flexibility index (Phi) is 3.86. The number of benzene rings is 2. The molecule has 0 radical (unpaired) electrons. The first kappa shape index (κ1) is 14.9. The molecule has 1 aromatic heterocycles. The maximum atomic E-state index is 12.5. The third-order valence-corrected chi connectivity index (χ3v) is 3.85. The van der Waals surface area contributed by atoms with E-state index >= 15 is 0 Å². The van der Waals surface area contributed by atoms with Crippen LogP contribution < -0.4 is 4.74 Å². The number of hydrogen-bond acceptors (Lipinski definition) is 3. The fourth-order valence-corrected chi connectivity index (χ4v) is 2.71. The van der Waals surface area contributed by atoms with E-state index < -0.39 is 0 Å². The molecule has 0 fully saturated rings. The van der Waals surface area contributed by atoms with E-state index in [1.54, 1.807) is 6.20 Å². The lowest BCUT2D eigenvalue weighted by Gasteiger charge is -2.11. The minimum absolute atomic E-state index is 0.0742. The molecule has 114 valence electrons. The summed E-state index contributed by atoms with van der Waals surface area (Å²) in [6.45, 7) is 3.83. The van der Waals surface area contributed by atoms with Crippen LogP contribution in [0.2, 0.25) is 0 Å². The van der Waals surface area contributed by atoms with Gasteiger partial charge in [-0.25, -0.2) is 0 Å². The number of aryl methyl sites for hydroxylation is 2. The quantitative estimate of drug-likeness (QED) is 0.738. The highest BCUT2D eigenvalue weighted by molar-refractivity contribution is 5.96. The molecule has 4 heteroatoms. The van der Waals surface area contributed by atoms with Crippen LogP contribution in [0.1, 0.15) is 21.5 Å². The fraction of sp³-hybridized carbons (Fsp3) is 0.158. The van der Waals surface area contributed by atoms with Gasteiger partial charge in [-0.2, -0.15) is 5.26 Å². The van der Waals surface area contributed by atoms with Crippen molar-refractivity contribution in [3.05, 3.63) is 65.4 Å². The van der Waals surface area contributed by atoms with Crippen LogP contribution in [-0.4, -0.2) is 17.1 Å². The molecule has 0 saturated heterocycles. The van der Waals surface area contributed by atoms with Crippen molar-refractivity contribution in [2.75, 3.05) is 6.61 Å². The van der Waals surface area contributed by atoms with Crippen molar-refractivity contribution >= 4 is 16.8 Å². The summed E-state index contributed by atoms with van der Waals surface area (Å²) in [5.41, 5.74) is 3.20. The summed E-state index contributed by atoms with van der Waals surface area (Å²) in [4.78, 5) is 12.5. The molecule has 2 aromatic carbocycles. The SMILES string of the molecule is Cc1cccc(C)c1OCC(=O)n1cc(C#N)c2ccccc21. The second-order valence-electron chi connectivity index (χ2n) is 5.45. The molecule has 0 bridgehead atoms. The number of hydrogen-bond donors (Lipinski definition) is 0. The highest BCUT2D eigenvalue weighted by atomic mass is 16.5. The highest BCUT2D eigenvalue weighted by Crippen LogP contribution is 2.23. The number of carbonyl (C=O) groups is 1. The van der Waals surface area contributed by atoms with Crippen LogP contribution in [0.5, 0.6) is 5.75 Å². The Morgan fingerprint density at radius 3 is 2.52 bits per heavy atom. The topological polar surface area (TPSA) is 55.0 Å². The predicted octanol–water partition coefficient (Wildman–Crippen LogP) is 3.85. The van der Waals surface area contributed by atoms with Crippen molar-refractivity contribution in [1.29, 1.82) is 5.26 Å². The summed E-state index contributed by atoms with van der Waals surface area (Å²) < 4.78 is 7.21. The van der Waals surface area contributed by atoms with Crippen molar-refractivity contribution in [1.82, 2.24) is 4.57 Å². The number of nitrogens with zero attached hydrogens (tertiary/aromatic N) is 2. The molecule has 1 heterocycles. The first-order chi connectivity index (χ1) is 11.1. The third kappa shape index (κ3) is 2.69. The van der Waals surface area contributed by atoms with Gasteiger partial charge in [0.15, 0.2) is 6.61 Å². The van der Waals surface area contributed by atoms with Crippen LogP contribution >= 0.6 is 0 Å². The van der Waals surface area contributed by atoms with Gasteiger partial charge in [0, 0.05) is 11.6 Å². The maximum Gasteiger partial charge on any atom is 0.269 e. The largest absolute Gasteiger partial charge is 0.483 e. The average Bonchev–Trinajstić information content (AvgIpc) is 2.93. The van der Waals surface area contributed by atoms with Gasteiger partial charge < -0.3 is 4.74 Å². The van der Waals surface area contributed by atoms with Gasteiger partial charge >= 0.3 is 0 Å². The second-order valence-corrected chi connectivity index (χ2v) is 5.45. The number of fused-ring (bicyclic) bond motifs is 1. The van der Waals surface area contributed by atoms with Gasteiger partial charge in [0.1, 0.15) is 11.8 Å². The van der Waals surface area contributed by atoms with E-state index in [9.17, 15) is 10.1 Å². The van der Waals surface area contributed by atoms with Gasteiger partial charge in [-0.05, 0) is 31.0 Å². The van der Waals surface area contributed by atoms with Crippen molar-refractivity contribution in [2.24, 2.45) is 0 Å². The van der Waals surface area contributed by atoms with Crippen LogP contribution in [-0.2, 0) is 0 Å². The fourth-order valence-electron chi connectivity index (χ4n) is 2.71. The molecule has 0 saturated carbocycles. The molecule has 4 nitrogen and oxygen atoms in total. The Morgan fingerprint density at radius 2 is 1.83 bits per heavy atom. The molecule has 0 unspecified atom stereocenters. The zero-order valence-corrected chi connectivity index (χ0v) is 13.0. The summed E-state index contributed by atoms with van der Waals surface area (Å²) in [5, 5.41) is 9.98. The van der Waals surface area contributed by atoms with Gasteiger partial charge in [-0.3, -0.25) is 9.36 Å². The summed E-state index contributed by atoms with van der Waals surface area (Å²) in [7, 11) is 0. The Morgan fingerprint density at radius 1 is 1.13 bits per heavy atom. The molecule has 0 aliphatic rings. The molecular weight excluding hydrogens is 288 g/mol. The van der Waals surface area contributed by atoms with Gasteiger partial charge in [0.2, 0.25) is 0 Å². The smallest absolute Gasteiger partial charge is 0.269 e. The molecule has 0 spiro atoms. The van der Waals surface area contributed by atoms with Crippen LogP contribution in [0.4, 0.5) is 0 Å². The number of rotatable bonds is 3. The van der Waals surface area contributed by atoms with E-state index in [1.807, 2.05) is 56.3 Å². The number of para-hydroxylation sites is 2. The summed E-state index contributed by atoms with van der Waals surface area (Å²) in [6, 6.07) is 15.3. The standard InChI is InChI=1S/C19H16N2O2/c1-13-6-5-7-14(2)19(13)23-12-18(22)21-11-15(10-20)16-8-3-4-9-17(16)21/h3-9,11H,12H2,1-2H3. The number of aromatic nitrogens is 1. The molecule has 0 aliphatic heterocycles. The number of nitriles is 1. The Balaban J connectivity index is 1.89. The van der Waals surface area contributed by atoms with Gasteiger partial charge in [-0.15, -0.1) is 0 Å². The lowest BCUT2D eigenvalue weighted by atomic mass is 10.1. The molecule has 3 rings (SSSR count). The molecular formula is C19H16N2O2. The Labute approximate surface area is 134 Å². The average molecular weight is 304 g/mol. The van der Waals surface area contributed by atoms with Crippen molar-refractivity contribution in [3.8, 4) is 11.8 Å². The van der Waals surface area contributed by atoms with Gasteiger partial charge in [0.25, 0.3) is 5.91 Å². The van der Waals surface area contributed by atoms with Crippen molar-refractivity contribution in [2.45, 2.75) is 13.8 Å². The molecule has 0 amide bonds. The van der Waals surface area contributed by atoms with E-state index in [0.717, 1.165) is 27.8 Å². The number of ether oxygens (including phenoxy) is 1. The minimum atomic E-state index is -0.203. The molecule has 3 aromatic rings. The van der Waals surface area contributed by atoms with E-state index in [2.05, 4.69) is 6.07 Å². The van der Waals surface area contributed by atoms with E-state index in [1.165, 1.54) is 4.57 Å². The molecule has 0 N–H and O–H groups in total. The second kappa shape index (κ2) is 5.98. The van der Waals surface area contributed by atoms with Crippen LogP contribution in [0.25, 0.3) is 10.9 Å². The van der Waals surface area contributed by atoms with Crippen LogP contribution in [0.15, 0.2) is 48.7 Å². The first-order valence-electron chi connectivity index (χ1n) is 7.34. The zero-order chi connectivity index (χ0) is 16.4. The third-order valence-electron chi connectivity index (χ3n) is 3.85. The van der Waals surface area contributed by atoms with Crippen molar-refractivity contribution in [3.63, 3.8) is 0 Å². The highest BCUT2D eigenvalue weighted by Gasteiger charge is 2.14. The monoisotopic (exact) mass is 304 g/mol. The predicted molar refractivity (Wildman–Crippen MR) is 88.7 cm³/mol. The van der Waals surface area contributed by atoms with E-state index in [0.29, 0.717) is 5.56 Å². The van der Waals surface area contributed by atoms with E-state index in [-0.39, 0.29) is 12.5 Å². The van der Waals surface area contributed by atoms with Crippen LogP contribution in [0.3, 0.4) is 0 Å². The van der Waals surface area contributed by atoms with E-state index in [4.69, 9.17) is 4.74 Å². The normalized spacial score (nSPS) is 10.5. The molecule has 0 aliphatic carbocycles. The lowest BCUT2D eigenvalue weighted by Crippen LogP contribution is -2.19. The molecule has 0 atom stereocenters. The summed E-state index contributed by atoms with van der Waals surface area (Å²) >= 11 is 0. The zero-order valence-electron chi connectivity index (χ0n) is 13.0. The van der Waals surface area contributed by atoms with Gasteiger partial charge in [0.05, 0.1) is 11.1 Å². The maximum absolute atomic E-state index is 12.5. The van der Waals surface area contributed by atoms with Crippen molar-refractivity contribution < 1.29 is 9.53 Å². The summed E-state index contributed by atoms with van der Waals surface area (Å²) in [6.07, 6.45) is 1.57. The minimum Gasteiger partial charge on any atom is -0.483 e.